The van der Waals surface area contributed by atoms with E-state index < -0.39 is 30.2 Å². The second-order valence-corrected chi connectivity index (χ2v) is 9.52. The first kappa shape index (κ1) is 30.9. The van der Waals surface area contributed by atoms with Gasteiger partial charge in [-0.25, -0.2) is 14.4 Å². The number of methoxy groups -OCH3 is 1. The molecule has 0 unspecified atom stereocenters. The number of ether oxygens (including phenoxy) is 3. The number of hydrogen-bond acceptors (Lipinski definition) is 10. The standard InChI is InChI=1S/C29H29ClN4O9/c1-4-41-23-12-16(26-25(28(38)40-3)15(2)32-29(39)33-26)6-9-22(23)42-14-24(35)34-31-13-18-7-10-21(43-18)19-11-17(27(36)37)5-8-20(19)30/h5-13,24,26,34-35H,4,14H2,1-3H3,(H,36,37)(H2,32,33,39)/b31-13-/t24-,26-/m1/s1. The lowest BCUT2D eigenvalue weighted by Gasteiger charge is -2.28. The van der Waals surface area contributed by atoms with Gasteiger partial charge in [-0.05, 0) is 61.9 Å². The molecule has 0 saturated carbocycles. The van der Waals surface area contributed by atoms with E-state index in [1.54, 1.807) is 44.2 Å². The normalized spacial score (nSPS) is 15.5. The summed E-state index contributed by atoms with van der Waals surface area (Å²) in [5.74, 6) is -0.372. The van der Waals surface area contributed by atoms with E-state index in [9.17, 15) is 24.6 Å². The molecule has 1 aliphatic rings. The number of rotatable bonds is 12. The third-order valence-electron chi connectivity index (χ3n) is 6.19. The number of carbonyl (C=O) groups is 3. The molecule has 13 nitrogen and oxygen atoms in total. The number of carbonyl (C=O) groups excluding carboxylic acids is 2. The number of aromatic carboxylic acids is 1. The number of urea groups is 1. The molecule has 43 heavy (non-hydrogen) atoms. The summed E-state index contributed by atoms with van der Waals surface area (Å²) in [4.78, 5) is 35.8. The van der Waals surface area contributed by atoms with Crippen LogP contribution in [0.15, 0.2) is 69.3 Å². The first-order valence-electron chi connectivity index (χ1n) is 13.0. The highest BCUT2D eigenvalue weighted by molar-refractivity contribution is 6.33. The minimum atomic E-state index is -1.22. The molecule has 0 fully saturated rings. The van der Waals surface area contributed by atoms with Crippen molar-refractivity contribution in [2.45, 2.75) is 26.1 Å². The van der Waals surface area contributed by atoms with Crippen molar-refractivity contribution < 1.29 is 43.2 Å². The number of furan rings is 1. The summed E-state index contributed by atoms with van der Waals surface area (Å²) in [6, 6.07) is 11.1. The number of halogens is 1. The Bertz CT molecular complexity index is 1580. The molecule has 0 saturated heterocycles. The largest absolute Gasteiger partial charge is 0.490 e. The third-order valence-corrected chi connectivity index (χ3v) is 6.52. The summed E-state index contributed by atoms with van der Waals surface area (Å²) in [5.41, 5.74) is 4.17. The van der Waals surface area contributed by atoms with E-state index in [0.29, 0.717) is 51.5 Å². The maximum absolute atomic E-state index is 12.4. The Kier molecular flexibility index (Phi) is 9.91. The molecule has 226 valence electrons. The average Bonchev–Trinajstić information content (AvgIpc) is 3.44. The highest BCUT2D eigenvalue weighted by Crippen LogP contribution is 2.35. The summed E-state index contributed by atoms with van der Waals surface area (Å²) in [5, 5.41) is 29.1. The van der Waals surface area contributed by atoms with Gasteiger partial charge in [0, 0.05) is 11.3 Å². The molecule has 0 aliphatic carbocycles. The van der Waals surface area contributed by atoms with E-state index in [1.807, 2.05) is 0 Å². The van der Waals surface area contributed by atoms with Crippen LogP contribution in [-0.4, -0.2) is 60.9 Å². The molecule has 1 aliphatic heterocycles. The zero-order valence-electron chi connectivity index (χ0n) is 23.3. The number of aliphatic hydroxyl groups excluding tert-OH is 1. The lowest BCUT2D eigenvalue weighted by Crippen LogP contribution is -2.45. The van der Waals surface area contributed by atoms with Crippen LogP contribution in [0.2, 0.25) is 5.02 Å². The van der Waals surface area contributed by atoms with Crippen LogP contribution in [0.25, 0.3) is 11.3 Å². The number of carboxylic acid groups (broad SMARTS) is 1. The molecule has 0 spiro atoms. The molecule has 2 amide bonds. The fourth-order valence-electron chi connectivity index (χ4n) is 4.22. The molecule has 0 radical (unpaired) electrons. The van der Waals surface area contributed by atoms with Crippen LogP contribution in [0.5, 0.6) is 11.5 Å². The molecule has 2 atom stereocenters. The summed E-state index contributed by atoms with van der Waals surface area (Å²) >= 11 is 6.20. The monoisotopic (exact) mass is 612 g/mol. The predicted molar refractivity (Wildman–Crippen MR) is 155 cm³/mol. The van der Waals surface area contributed by atoms with Gasteiger partial charge >= 0.3 is 18.0 Å². The molecule has 0 bridgehead atoms. The number of nitrogens with one attached hydrogen (secondary N) is 3. The fourth-order valence-corrected chi connectivity index (χ4v) is 4.43. The molecule has 2 aromatic carbocycles. The van der Waals surface area contributed by atoms with Gasteiger partial charge in [0.15, 0.2) is 17.7 Å². The van der Waals surface area contributed by atoms with Crippen LogP contribution < -0.4 is 25.5 Å². The summed E-state index contributed by atoms with van der Waals surface area (Å²) in [6.45, 7) is 3.48. The number of nitrogens with zero attached hydrogens (tertiary/aromatic N) is 1. The van der Waals surface area contributed by atoms with Crippen molar-refractivity contribution >= 4 is 35.8 Å². The van der Waals surface area contributed by atoms with E-state index in [1.165, 1.54) is 31.5 Å². The molecule has 1 aromatic heterocycles. The van der Waals surface area contributed by atoms with Gasteiger partial charge in [0.25, 0.3) is 0 Å². The van der Waals surface area contributed by atoms with Crippen LogP contribution in [0.4, 0.5) is 4.79 Å². The zero-order valence-corrected chi connectivity index (χ0v) is 24.1. The van der Waals surface area contributed by atoms with Crippen molar-refractivity contribution in [3.8, 4) is 22.8 Å². The Morgan fingerprint density at radius 3 is 2.67 bits per heavy atom. The van der Waals surface area contributed by atoms with Crippen LogP contribution in [0.1, 0.15) is 41.6 Å². The highest BCUT2D eigenvalue weighted by atomic mass is 35.5. The van der Waals surface area contributed by atoms with Crippen LogP contribution in [0, 0.1) is 0 Å². The van der Waals surface area contributed by atoms with E-state index >= 15 is 0 Å². The fraction of sp³-hybridized carbons (Fsp3) is 0.241. The summed E-state index contributed by atoms with van der Waals surface area (Å²) in [7, 11) is 1.26. The minimum Gasteiger partial charge on any atom is -0.490 e. The molecule has 5 N–H and O–H groups in total. The Morgan fingerprint density at radius 1 is 1.16 bits per heavy atom. The van der Waals surface area contributed by atoms with Gasteiger partial charge in [0.2, 0.25) is 0 Å². The Hall–Kier alpha value is -5.01. The molecular formula is C29H29ClN4O9. The number of carboxylic acids is 1. The van der Waals surface area contributed by atoms with E-state index in [-0.39, 0.29) is 17.7 Å². The SMILES string of the molecule is CCOc1cc([C@H]2NC(=O)NC(C)=C2C(=O)OC)ccc1OC[C@@H](O)N/N=C\c1ccc(-c2cc(C(=O)O)ccc2Cl)o1. The molecule has 14 heteroatoms. The first-order valence-corrected chi connectivity index (χ1v) is 13.3. The maximum atomic E-state index is 12.4. The molecule has 2 heterocycles. The van der Waals surface area contributed by atoms with Crippen molar-refractivity contribution in [2.24, 2.45) is 5.10 Å². The van der Waals surface area contributed by atoms with Crippen molar-refractivity contribution in [1.29, 1.82) is 0 Å². The molecule has 4 rings (SSSR count). The van der Waals surface area contributed by atoms with Gasteiger partial charge in [-0.1, -0.05) is 17.7 Å². The number of amides is 2. The molecule has 3 aromatic rings. The number of esters is 1. The quantitative estimate of drug-likeness (QED) is 0.0873. The number of allylic oxidation sites excluding steroid dienone is 1. The van der Waals surface area contributed by atoms with E-state index in [0.717, 1.165) is 0 Å². The lowest BCUT2D eigenvalue weighted by molar-refractivity contribution is -0.136. The van der Waals surface area contributed by atoms with Crippen molar-refractivity contribution in [3.05, 3.63) is 81.7 Å². The minimum absolute atomic E-state index is 0.0638. The number of benzene rings is 2. The smallest absolute Gasteiger partial charge is 0.337 e. The van der Waals surface area contributed by atoms with Gasteiger partial charge in [-0.2, -0.15) is 5.10 Å². The zero-order chi connectivity index (χ0) is 31.1. The van der Waals surface area contributed by atoms with E-state index in [2.05, 4.69) is 21.2 Å². The van der Waals surface area contributed by atoms with Gasteiger partial charge in [-0.3, -0.25) is 5.43 Å². The van der Waals surface area contributed by atoms with Crippen LogP contribution in [-0.2, 0) is 9.53 Å². The Morgan fingerprint density at radius 2 is 1.95 bits per heavy atom. The second kappa shape index (κ2) is 13.8. The predicted octanol–water partition coefficient (Wildman–Crippen LogP) is 3.82. The lowest BCUT2D eigenvalue weighted by atomic mass is 9.95. The Balaban J connectivity index is 1.40. The first-order chi connectivity index (χ1) is 20.6. The van der Waals surface area contributed by atoms with Crippen molar-refractivity contribution in [1.82, 2.24) is 16.1 Å². The third kappa shape index (κ3) is 7.45. The van der Waals surface area contributed by atoms with Gasteiger partial charge < -0.3 is 39.5 Å². The topological polar surface area (TPSA) is 181 Å². The number of hydrazone groups is 1. The summed E-state index contributed by atoms with van der Waals surface area (Å²) < 4.78 is 22.0. The average molecular weight is 613 g/mol. The van der Waals surface area contributed by atoms with Gasteiger partial charge in [-0.15, -0.1) is 0 Å². The second-order valence-electron chi connectivity index (χ2n) is 9.12. The van der Waals surface area contributed by atoms with Crippen LogP contribution >= 0.6 is 11.6 Å². The summed E-state index contributed by atoms with van der Waals surface area (Å²) in [6.07, 6.45) is 0.103. The van der Waals surface area contributed by atoms with E-state index in [4.69, 9.17) is 30.2 Å². The Labute approximate surface area is 251 Å². The van der Waals surface area contributed by atoms with Gasteiger partial charge in [0.1, 0.15) is 18.1 Å². The molecular weight excluding hydrogens is 584 g/mol. The van der Waals surface area contributed by atoms with Crippen molar-refractivity contribution in [3.63, 3.8) is 0 Å². The highest BCUT2D eigenvalue weighted by Gasteiger charge is 2.32. The number of aliphatic hydroxyl groups is 1. The van der Waals surface area contributed by atoms with Gasteiger partial charge in [0.05, 0.1) is 42.1 Å². The van der Waals surface area contributed by atoms with Crippen LogP contribution in [0.3, 0.4) is 0 Å². The maximum Gasteiger partial charge on any atom is 0.337 e. The van der Waals surface area contributed by atoms with Crippen molar-refractivity contribution in [2.75, 3.05) is 20.3 Å². The number of hydrogen-bond donors (Lipinski definition) is 5.